The Labute approximate surface area is 127 Å². The molecule has 106 valence electrons. The number of halogens is 1. The molecule has 1 aliphatic heterocycles. The number of carbonyl (C=O) groups excluding carboxylic acids is 1. The summed E-state index contributed by atoms with van der Waals surface area (Å²) in [5.41, 5.74) is 1.76. The lowest BCUT2D eigenvalue weighted by Crippen LogP contribution is -2.44. The lowest BCUT2D eigenvalue weighted by molar-refractivity contribution is 0.0914. The van der Waals surface area contributed by atoms with E-state index < -0.39 is 0 Å². The van der Waals surface area contributed by atoms with E-state index in [9.17, 15) is 4.79 Å². The van der Waals surface area contributed by atoms with E-state index in [0.717, 1.165) is 36.0 Å². The molecule has 4 nitrogen and oxygen atoms in total. The zero-order valence-corrected chi connectivity index (χ0v) is 13.1. The zero-order valence-electron chi connectivity index (χ0n) is 11.5. The van der Waals surface area contributed by atoms with Gasteiger partial charge in [0.15, 0.2) is 0 Å². The number of nitrogens with zero attached hydrogens (tertiary/aromatic N) is 2. The van der Waals surface area contributed by atoms with Gasteiger partial charge in [0.25, 0.3) is 5.91 Å². The van der Waals surface area contributed by atoms with Crippen LogP contribution >= 0.6 is 15.9 Å². The quantitative estimate of drug-likeness (QED) is 0.863. The van der Waals surface area contributed by atoms with Crippen molar-refractivity contribution in [1.82, 2.24) is 10.2 Å². The normalized spacial score (nSPS) is 16.6. The first-order valence-electron chi connectivity index (χ1n) is 6.76. The molecular formula is C15H18BrN3O. The van der Waals surface area contributed by atoms with Crippen molar-refractivity contribution in [3.8, 4) is 6.07 Å². The molecule has 0 aromatic heterocycles. The molecule has 5 heteroatoms. The fourth-order valence-corrected chi connectivity index (χ4v) is 2.64. The standard InChI is InChI=1S/C15H18BrN3O/c1-11-10-12(2-3-14(11)16)15(20)18-13-4-7-19(8-5-13)9-6-17/h2-3,10,13H,4-5,7-9H2,1H3,(H,18,20). The van der Waals surface area contributed by atoms with Crippen molar-refractivity contribution in [1.29, 1.82) is 5.26 Å². The molecule has 2 rings (SSSR count). The van der Waals surface area contributed by atoms with Crippen molar-refractivity contribution in [2.45, 2.75) is 25.8 Å². The van der Waals surface area contributed by atoms with Gasteiger partial charge in [-0.3, -0.25) is 9.69 Å². The van der Waals surface area contributed by atoms with Gasteiger partial charge in [-0.05, 0) is 43.5 Å². The third kappa shape index (κ3) is 3.81. The minimum absolute atomic E-state index is 0.0145. The van der Waals surface area contributed by atoms with Crippen molar-refractivity contribution < 1.29 is 4.79 Å². The molecule has 1 aromatic carbocycles. The van der Waals surface area contributed by atoms with E-state index in [-0.39, 0.29) is 11.9 Å². The number of piperidine rings is 1. The fraction of sp³-hybridized carbons (Fsp3) is 0.467. The summed E-state index contributed by atoms with van der Waals surface area (Å²) in [5.74, 6) is -0.0145. The summed E-state index contributed by atoms with van der Waals surface area (Å²) < 4.78 is 1.01. The first kappa shape index (κ1) is 15.0. The Kier molecular flexibility index (Phi) is 5.16. The summed E-state index contributed by atoms with van der Waals surface area (Å²) in [6.45, 7) is 4.20. The minimum atomic E-state index is -0.0145. The average molecular weight is 336 g/mol. The molecular weight excluding hydrogens is 318 g/mol. The first-order valence-corrected chi connectivity index (χ1v) is 7.56. The smallest absolute Gasteiger partial charge is 0.251 e. The van der Waals surface area contributed by atoms with E-state index in [2.05, 4.69) is 32.2 Å². The number of nitrogens with one attached hydrogen (secondary N) is 1. The second-order valence-electron chi connectivity index (χ2n) is 5.15. The number of carbonyl (C=O) groups is 1. The Bertz CT molecular complexity index is 530. The second-order valence-corrected chi connectivity index (χ2v) is 6.00. The molecule has 0 spiro atoms. The van der Waals surface area contributed by atoms with E-state index in [0.29, 0.717) is 12.1 Å². The van der Waals surface area contributed by atoms with Crippen LogP contribution in [0.4, 0.5) is 0 Å². The minimum Gasteiger partial charge on any atom is -0.349 e. The number of hydrogen-bond acceptors (Lipinski definition) is 3. The van der Waals surface area contributed by atoms with Crippen molar-refractivity contribution in [2.75, 3.05) is 19.6 Å². The molecule has 0 unspecified atom stereocenters. The third-order valence-electron chi connectivity index (χ3n) is 3.64. The average Bonchev–Trinajstić information content (AvgIpc) is 2.44. The van der Waals surface area contributed by atoms with Crippen LogP contribution < -0.4 is 5.32 Å². The lowest BCUT2D eigenvalue weighted by atomic mass is 10.0. The Hall–Kier alpha value is -1.38. The Morgan fingerprint density at radius 1 is 1.50 bits per heavy atom. The number of rotatable bonds is 3. The van der Waals surface area contributed by atoms with Crippen molar-refractivity contribution >= 4 is 21.8 Å². The maximum Gasteiger partial charge on any atom is 0.251 e. The van der Waals surface area contributed by atoms with E-state index in [4.69, 9.17) is 5.26 Å². The van der Waals surface area contributed by atoms with Crippen LogP contribution in [0.5, 0.6) is 0 Å². The lowest BCUT2D eigenvalue weighted by Gasteiger charge is -2.30. The number of amides is 1. The van der Waals surface area contributed by atoms with Gasteiger partial charge in [0, 0.05) is 29.2 Å². The highest BCUT2D eigenvalue weighted by Crippen LogP contribution is 2.17. The van der Waals surface area contributed by atoms with Crippen LogP contribution in [0, 0.1) is 18.3 Å². The van der Waals surface area contributed by atoms with Gasteiger partial charge < -0.3 is 5.32 Å². The molecule has 1 heterocycles. The van der Waals surface area contributed by atoms with Crippen LogP contribution in [0.3, 0.4) is 0 Å². The van der Waals surface area contributed by atoms with Crippen molar-refractivity contribution in [3.63, 3.8) is 0 Å². The van der Waals surface area contributed by atoms with Gasteiger partial charge in [-0.1, -0.05) is 15.9 Å². The van der Waals surface area contributed by atoms with Crippen LogP contribution in [0.25, 0.3) is 0 Å². The number of hydrogen-bond donors (Lipinski definition) is 1. The molecule has 1 N–H and O–H groups in total. The number of aryl methyl sites for hydroxylation is 1. The fourth-order valence-electron chi connectivity index (χ4n) is 2.39. The zero-order chi connectivity index (χ0) is 14.5. The predicted octanol–water partition coefficient (Wildman–Crippen LogP) is 2.48. The Balaban J connectivity index is 1.89. The SMILES string of the molecule is Cc1cc(C(=O)NC2CCN(CC#N)CC2)ccc1Br. The number of nitriles is 1. The maximum atomic E-state index is 12.2. The van der Waals surface area contributed by atoms with Crippen LogP contribution in [0.1, 0.15) is 28.8 Å². The molecule has 1 amide bonds. The molecule has 1 aliphatic rings. The maximum absolute atomic E-state index is 12.2. The summed E-state index contributed by atoms with van der Waals surface area (Å²) in [4.78, 5) is 14.3. The van der Waals surface area contributed by atoms with Crippen LogP contribution in [-0.2, 0) is 0 Å². The molecule has 0 radical (unpaired) electrons. The second kappa shape index (κ2) is 6.87. The van der Waals surface area contributed by atoms with Crippen LogP contribution in [0.2, 0.25) is 0 Å². The van der Waals surface area contributed by atoms with Gasteiger partial charge in [-0.15, -0.1) is 0 Å². The summed E-state index contributed by atoms with van der Waals surface area (Å²) in [5, 5.41) is 11.7. The molecule has 1 aromatic rings. The Morgan fingerprint density at radius 2 is 2.20 bits per heavy atom. The molecule has 1 saturated heterocycles. The third-order valence-corrected chi connectivity index (χ3v) is 4.53. The number of likely N-dealkylation sites (tertiary alicyclic amines) is 1. The summed E-state index contributed by atoms with van der Waals surface area (Å²) >= 11 is 3.43. The highest BCUT2D eigenvalue weighted by molar-refractivity contribution is 9.10. The topological polar surface area (TPSA) is 56.1 Å². The molecule has 0 saturated carbocycles. The summed E-state index contributed by atoms with van der Waals surface area (Å²) in [6, 6.07) is 8.00. The van der Waals surface area contributed by atoms with E-state index >= 15 is 0 Å². The molecule has 0 atom stereocenters. The summed E-state index contributed by atoms with van der Waals surface area (Å²) in [6.07, 6.45) is 1.81. The molecule has 0 bridgehead atoms. The van der Waals surface area contributed by atoms with Gasteiger partial charge in [0.05, 0.1) is 12.6 Å². The van der Waals surface area contributed by atoms with Crippen LogP contribution in [-0.4, -0.2) is 36.5 Å². The van der Waals surface area contributed by atoms with Crippen molar-refractivity contribution in [2.24, 2.45) is 0 Å². The van der Waals surface area contributed by atoms with Gasteiger partial charge in [-0.25, -0.2) is 0 Å². The van der Waals surface area contributed by atoms with Crippen LogP contribution in [0.15, 0.2) is 22.7 Å². The van der Waals surface area contributed by atoms with E-state index in [1.165, 1.54) is 0 Å². The monoisotopic (exact) mass is 335 g/mol. The van der Waals surface area contributed by atoms with Gasteiger partial charge in [-0.2, -0.15) is 5.26 Å². The Morgan fingerprint density at radius 3 is 2.80 bits per heavy atom. The largest absolute Gasteiger partial charge is 0.349 e. The first-order chi connectivity index (χ1) is 9.60. The van der Waals surface area contributed by atoms with E-state index in [1.807, 2.05) is 25.1 Å². The highest BCUT2D eigenvalue weighted by atomic mass is 79.9. The van der Waals surface area contributed by atoms with Crippen molar-refractivity contribution in [3.05, 3.63) is 33.8 Å². The highest BCUT2D eigenvalue weighted by Gasteiger charge is 2.20. The summed E-state index contributed by atoms with van der Waals surface area (Å²) in [7, 11) is 0. The van der Waals surface area contributed by atoms with Gasteiger partial charge in [0.1, 0.15) is 0 Å². The molecule has 0 aliphatic carbocycles. The van der Waals surface area contributed by atoms with E-state index in [1.54, 1.807) is 0 Å². The van der Waals surface area contributed by atoms with Gasteiger partial charge >= 0.3 is 0 Å². The van der Waals surface area contributed by atoms with Gasteiger partial charge in [0.2, 0.25) is 0 Å². The molecule has 20 heavy (non-hydrogen) atoms. The molecule has 1 fully saturated rings. The number of benzene rings is 1. The predicted molar refractivity (Wildman–Crippen MR) is 81.4 cm³/mol.